The molecule has 0 fully saturated rings. The van der Waals surface area contributed by atoms with Gasteiger partial charge in [0.05, 0.1) is 14.2 Å². The number of benzene rings is 2. The van der Waals surface area contributed by atoms with Crippen molar-refractivity contribution in [2.24, 2.45) is 0 Å². The van der Waals surface area contributed by atoms with Crippen LogP contribution in [0.5, 0.6) is 11.5 Å². The third-order valence-corrected chi connectivity index (χ3v) is 4.79. The van der Waals surface area contributed by atoms with E-state index in [0.29, 0.717) is 23.1 Å². The molecule has 0 aliphatic heterocycles. The minimum atomic E-state index is -4.53. The molecular weight excluding hydrogens is 356 g/mol. The Morgan fingerprint density at radius 2 is 1.60 bits per heavy atom. The fraction of sp³-hybridized carbons (Fsp3) is 0.188. The number of halogens is 2. The van der Waals surface area contributed by atoms with E-state index in [2.05, 4.69) is 0 Å². The van der Waals surface area contributed by atoms with Gasteiger partial charge in [0.2, 0.25) is 0 Å². The zero-order valence-corrected chi connectivity index (χ0v) is 14.4. The predicted molar refractivity (Wildman–Crippen MR) is 85.3 cm³/mol. The molecule has 0 saturated carbocycles. The zero-order chi connectivity index (χ0) is 18.8. The SMILES string of the molecule is COc1cc(C(=O)NS(=O)(=O)c2ccc(F)cc2F)cc(OC)c1C. The maximum atomic E-state index is 13.7. The second-order valence-electron chi connectivity index (χ2n) is 5.02. The number of nitrogens with one attached hydrogen (secondary N) is 1. The summed E-state index contributed by atoms with van der Waals surface area (Å²) in [6.07, 6.45) is 0. The monoisotopic (exact) mass is 371 g/mol. The van der Waals surface area contributed by atoms with Gasteiger partial charge >= 0.3 is 0 Å². The van der Waals surface area contributed by atoms with Gasteiger partial charge in [-0.25, -0.2) is 21.9 Å². The van der Waals surface area contributed by atoms with Crippen LogP contribution in [-0.4, -0.2) is 28.5 Å². The first-order chi connectivity index (χ1) is 11.7. The predicted octanol–water partition coefficient (Wildman–Crippen LogP) is 2.41. The second kappa shape index (κ2) is 7.06. The van der Waals surface area contributed by atoms with Gasteiger partial charge in [-0.2, -0.15) is 0 Å². The number of sulfonamides is 1. The molecule has 134 valence electrons. The van der Waals surface area contributed by atoms with Gasteiger partial charge in [-0.3, -0.25) is 4.79 Å². The van der Waals surface area contributed by atoms with Crippen molar-refractivity contribution in [3.8, 4) is 11.5 Å². The van der Waals surface area contributed by atoms with E-state index in [4.69, 9.17) is 9.47 Å². The van der Waals surface area contributed by atoms with E-state index >= 15 is 0 Å². The molecule has 2 rings (SSSR count). The summed E-state index contributed by atoms with van der Waals surface area (Å²) in [5.74, 6) is -2.62. The number of amides is 1. The van der Waals surface area contributed by atoms with Crippen LogP contribution in [-0.2, 0) is 10.0 Å². The van der Waals surface area contributed by atoms with Crippen molar-refractivity contribution in [1.82, 2.24) is 4.72 Å². The maximum absolute atomic E-state index is 13.7. The molecule has 0 aliphatic rings. The number of carbonyl (C=O) groups excluding carboxylic acids is 1. The van der Waals surface area contributed by atoms with Crippen LogP contribution in [0.1, 0.15) is 15.9 Å². The Balaban J connectivity index is 2.39. The number of carbonyl (C=O) groups is 1. The molecule has 0 aromatic heterocycles. The van der Waals surface area contributed by atoms with Crippen LogP contribution in [0.15, 0.2) is 35.2 Å². The molecular formula is C16H15F2NO5S. The van der Waals surface area contributed by atoms with E-state index in [-0.39, 0.29) is 5.56 Å². The Kier molecular flexibility index (Phi) is 5.27. The topological polar surface area (TPSA) is 81.7 Å². The van der Waals surface area contributed by atoms with Gasteiger partial charge in [0.25, 0.3) is 15.9 Å². The van der Waals surface area contributed by atoms with Crippen molar-refractivity contribution in [2.75, 3.05) is 14.2 Å². The smallest absolute Gasteiger partial charge is 0.267 e. The molecule has 0 saturated heterocycles. The number of methoxy groups -OCH3 is 2. The Labute approximate surface area is 143 Å². The highest BCUT2D eigenvalue weighted by Crippen LogP contribution is 2.29. The highest BCUT2D eigenvalue weighted by Gasteiger charge is 2.24. The van der Waals surface area contributed by atoms with Crippen LogP contribution in [0, 0.1) is 18.6 Å². The first-order valence-electron chi connectivity index (χ1n) is 6.94. The van der Waals surface area contributed by atoms with Crippen LogP contribution >= 0.6 is 0 Å². The highest BCUT2D eigenvalue weighted by molar-refractivity contribution is 7.90. The third kappa shape index (κ3) is 3.87. The van der Waals surface area contributed by atoms with Crippen LogP contribution in [0.4, 0.5) is 8.78 Å². The van der Waals surface area contributed by atoms with Gasteiger partial charge in [-0.1, -0.05) is 0 Å². The van der Waals surface area contributed by atoms with E-state index in [1.807, 2.05) is 0 Å². The summed E-state index contributed by atoms with van der Waals surface area (Å²) in [6, 6.07) is 4.57. The number of hydrogen-bond acceptors (Lipinski definition) is 5. The average Bonchev–Trinajstić information content (AvgIpc) is 2.54. The van der Waals surface area contributed by atoms with Crippen LogP contribution < -0.4 is 14.2 Å². The minimum Gasteiger partial charge on any atom is -0.496 e. The number of rotatable bonds is 5. The number of ether oxygens (including phenoxy) is 2. The quantitative estimate of drug-likeness (QED) is 0.873. The van der Waals surface area contributed by atoms with Gasteiger partial charge in [-0.15, -0.1) is 0 Å². The lowest BCUT2D eigenvalue weighted by molar-refractivity contribution is 0.0980. The van der Waals surface area contributed by atoms with Gasteiger partial charge in [0, 0.05) is 17.2 Å². The zero-order valence-electron chi connectivity index (χ0n) is 13.6. The molecule has 0 aliphatic carbocycles. The summed E-state index contributed by atoms with van der Waals surface area (Å²) in [6.45, 7) is 1.70. The van der Waals surface area contributed by atoms with E-state index in [1.54, 1.807) is 11.6 Å². The fourth-order valence-electron chi connectivity index (χ4n) is 2.15. The Bertz CT molecular complexity index is 903. The van der Waals surface area contributed by atoms with Crippen molar-refractivity contribution in [2.45, 2.75) is 11.8 Å². The van der Waals surface area contributed by atoms with Crippen molar-refractivity contribution < 1.29 is 31.5 Å². The molecule has 9 heteroatoms. The second-order valence-corrected chi connectivity index (χ2v) is 6.67. The molecule has 0 unspecified atom stereocenters. The summed E-state index contributed by atoms with van der Waals surface area (Å²) < 4.78 is 62.9. The van der Waals surface area contributed by atoms with Crippen LogP contribution in [0.2, 0.25) is 0 Å². The molecule has 2 aromatic carbocycles. The third-order valence-electron chi connectivity index (χ3n) is 3.42. The summed E-state index contributed by atoms with van der Waals surface area (Å²) in [5.41, 5.74) is 0.555. The first-order valence-corrected chi connectivity index (χ1v) is 8.42. The lowest BCUT2D eigenvalue weighted by Crippen LogP contribution is -2.31. The standard InChI is InChI=1S/C16H15F2NO5S/c1-9-13(23-2)6-10(7-14(9)24-3)16(20)19-25(21,22)15-5-4-11(17)8-12(15)18/h4-8H,1-3H3,(H,19,20). The van der Waals surface area contributed by atoms with Crippen LogP contribution in [0.25, 0.3) is 0 Å². The highest BCUT2D eigenvalue weighted by atomic mass is 32.2. The lowest BCUT2D eigenvalue weighted by atomic mass is 10.1. The van der Waals surface area contributed by atoms with E-state index in [0.717, 1.165) is 12.1 Å². The molecule has 25 heavy (non-hydrogen) atoms. The van der Waals surface area contributed by atoms with Crippen molar-refractivity contribution in [1.29, 1.82) is 0 Å². The molecule has 1 amide bonds. The largest absolute Gasteiger partial charge is 0.496 e. The molecule has 0 bridgehead atoms. The van der Waals surface area contributed by atoms with Crippen LogP contribution in [0.3, 0.4) is 0 Å². The van der Waals surface area contributed by atoms with Gasteiger partial charge in [-0.05, 0) is 31.2 Å². The van der Waals surface area contributed by atoms with E-state index < -0.39 is 32.5 Å². The molecule has 1 N–H and O–H groups in total. The Morgan fingerprint density at radius 3 is 2.08 bits per heavy atom. The lowest BCUT2D eigenvalue weighted by Gasteiger charge is -2.13. The summed E-state index contributed by atoms with van der Waals surface area (Å²) in [5, 5.41) is 0. The molecule has 0 atom stereocenters. The minimum absolute atomic E-state index is 0.0644. The molecule has 6 nitrogen and oxygen atoms in total. The Hall–Kier alpha value is -2.68. The van der Waals surface area contributed by atoms with Gasteiger partial charge in [0.15, 0.2) is 0 Å². The normalized spacial score (nSPS) is 11.1. The van der Waals surface area contributed by atoms with Crippen molar-refractivity contribution in [3.63, 3.8) is 0 Å². The summed E-state index contributed by atoms with van der Waals surface area (Å²) >= 11 is 0. The summed E-state index contributed by atoms with van der Waals surface area (Å²) in [7, 11) is -1.76. The average molecular weight is 371 g/mol. The summed E-state index contributed by atoms with van der Waals surface area (Å²) in [4.78, 5) is 11.4. The van der Waals surface area contributed by atoms with E-state index in [9.17, 15) is 22.0 Å². The van der Waals surface area contributed by atoms with Crippen molar-refractivity contribution >= 4 is 15.9 Å². The number of hydrogen-bond donors (Lipinski definition) is 1. The first kappa shape index (κ1) is 18.7. The maximum Gasteiger partial charge on any atom is 0.267 e. The Morgan fingerprint density at radius 1 is 1.04 bits per heavy atom. The molecule has 0 heterocycles. The fourth-order valence-corrected chi connectivity index (χ4v) is 3.18. The van der Waals surface area contributed by atoms with Gasteiger partial charge in [0.1, 0.15) is 28.0 Å². The molecule has 0 radical (unpaired) electrons. The van der Waals surface area contributed by atoms with Gasteiger partial charge < -0.3 is 9.47 Å². The van der Waals surface area contributed by atoms with Crippen molar-refractivity contribution in [3.05, 3.63) is 53.1 Å². The van der Waals surface area contributed by atoms with E-state index in [1.165, 1.54) is 26.4 Å². The molecule has 2 aromatic rings. The molecule has 0 spiro atoms.